The molecule has 0 radical (unpaired) electrons. The van der Waals surface area contributed by atoms with Gasteiger partial charge in [0.2, 0.25) is 0 Å². The van der Waals surface area contributed by atoms with E-state index in [0.717, 1.165) is 31.6 Å². The van der Waals surface area contributed by atoms with Gasteiger partial charge in [-0.15, -0.1) is 0 Å². The van der Waals surface area contributed by atoms with Crippen molar-refractivity contribution in [1.29, 1.82) is 0 Å². The first-order chi connectivity index (χ1) is 7.38. The van der Waals surface area contributed by atoms with Crippen LogP contribution in [0.2, 0.25) is 0 Å². The van der Waals surface area contributed by atoms with Crippen LogP contribution in [0, 0.1) is 11.8 Å². The molecule has 0 aromatic carbocycles. The van der Waals surface area contributed by atoms with Gasteiger partial charge in [0.05, 0.1) is 0 Å². The summed E-state index contributed by atoms with van der Waals surface area (Å²) in [5.74, 6) is 3.93. The third-order valence-electron chi connectivity index (χ3n) is 3.23. The standard InChI is InChI=1S/C12H25NOS/c1-2-15-8-4-7-14-10-12-6-3-5-11(12)9-13/h11-12H,2-10,13H2,1H3. The monoisotopic (exact) mass is 231 g/mol. The number of nitrogens with two attached hydrogens (primary N) is 1. The molecular weight excluding hydrogens is 206 g/mol. The highest BCUT2D eigenvalue weighted by molar-refractivity contribution is 7.99. The Morgan fingerprint density at radius 2 is 2.13 bits per heavy atom. The molecule has 15 heavy (non-hydrogen) atoms. The largest absolute Gasteiger partial charge is 0.381 e. The van der Waals surface area contributed by atoms with Crippen LogP contribution < -0.4 is 5.73 Å². The van der Waals surface area contributed by atoms with Crippen molar-refractivity contribution in [3.05, 3.63) is 0 Å². The number of rotatable bonds is 8. The lowest BCUT2D eigenvalue weighted by Gasteiger charge is -2.17. The number of thioether (sulfide) groups is 1. The van der Waals surface area contributed by atoms with Gasteiger partial charge in [0.25, 0.3) is 0 Å². The van der Waals surface area contributed by atoms with Gasteiger partial charge in [-0.2, -0.15) is 11.8 Å². The van der Waals surface area contributed by atoms with Gasteiger partial charge < -0.3 is 10.5 Å². The van der Waals surface area contributed by atoms with E-state index in [9.17, 15) is 0 Å². The van der Waals surface area contributed by atoms with Crippen LogP contribution >= 0.6 is 11.8 Å². The van der Waals surface area contributed by atoms with E-state index < -0.39 is 0 Å². The molecule has 0 saturated heterocycles. The summed E-state index contributed by atoms with van der Waals surface area (Å²) in [5.41, 5.74) is 5.74. The van der Waals surface area contributed by atoms with Crippen molar-refractivity contribution < 1.29 is 4.74 Å². The minimum atomic E-state index is 0.731. The first kappa shape index (κ1) is 13.3. The SMILES string of the molecule is CCSCCCOCC1CCCC1CN. The van der Waals surface area contributed by atoms with Crippen LogP contribution in [0.1, 0.15) is 32.6 Å². The lowest BCUT2D eigenvalue weighted by Crippen LogP contribution is -2.22. The molecular formula is C12H25NOS. The third kappa shape index (κ3) is 5.23. The minimum absolute atomic E-state index is 0.731. The van der Waals surface area contributed by atoms with E-state index >= 15 is 0 Å². The fourth-order valence-electron chi connectivity index (χ4n) is 2.29. The molecule has 0 amide bonds. The highest BCUT2D eigenvalue weighted by Crippen LogP contribution is 2.30. The second-order valence-corrected chi connectivity index (χ2v) is 5.71. The Balaban J connectivity index is 1.95. The van der Waals surface area contributed by atoms with Crippen LogP contribution in [0.15, 0.2) is 0 Å². The molecule has 0 spiro atoms. The fraction of sp³-hybridized carbons (Fsp3) is 1.00. The molecule has 3 heteroatoms. The van der Waals surface area contributed by atoms with E-state index in [0.29, 0.717) is 0 Å². The van der Waals surface area contributed by atoms with E-state index in [2.05, 4.69) is 6.92 Å². The zero-order valence-corrected chi connectivity index (χ0v) is 10.7. The van der Waals surface area contributed by atoms with Gasteiger partial charge in [0, 0.05) is 13.2 Å². The van der Waals surface area contributed by atoms with Gasteiger partial charge in [0.15, 0.2) is 0 Å². The number of ether oxygens (including phenoxy) is 1. The van der Waals surface area contributed by atoms with Crippen LogP contribution in [-0.4, -0.2) is 31.3 Å². The molecule has 1 fully saturated rings. The van der Waals surface area contributed by atoms with Gasteiger partial charge in [0.1, 0.15) is 0 Å². The van der Waals surface area contributed by atoms with Gasteiger partial charge in [-0.1, -0.05) is 13.3 Å². The average molecular weight is 231 g/mol. The second-order valence-electron chi connectivity index (χ2n) is 4.31. The quantitative estimate of drug-likeness (QED) is 0.652. The van der Waals surface area contributed by atoms with E-state index in [1.807, 2.05) is 11.8 Å². The first-order valence-electron chi connectivity index (χ1n) is 6.24. The average Bonchev–Trinajstić information content (AvgIpc) is 2.70. The predicted molar refractivity (Wildman–Crippen MR) is 68.3 cm³/mol. The molecule has 2 unspecified atom stereocenters. The van der Waals surface area contributed by atoms with Gasteiger partial charge in [-0.05, 0) is 49.1 Å². The summed E-state index contributed by atoms with van der Waals surface area (Å²) in [7, 11) is 0. The lowest BCUT2D eigenvalue weighted by molar-refractivity contribution is 0.0879. The van der Waals surface area contributed by atoms with E-state index in [-0.39, 0.29) is 0 Å². The smallest absolute Gasteiger partial charge is 0.0497 e. The maximum atomic E-state index is 5.74. The predicted octanol–water partition coefficient (Wildman–Crippen LogP) is 2.52. The highest BCUT2D eigenvalue weighted by atomic mass is 32.2. The fourth-order valence-corrected chi connectivity index (χ4v) is 2.90. The Kier molecular flexibility index (Phi) is 7.49. The third-order valence-corrected chi connectivity index (χ3v) is 4.22. The molecule has 2 atom stereocenters. The summed E-state index contributed by atoms with van der Waals surface area (Å²) in [6, 6.07) is 0. The Hall–Kier alpha value is 0.270. The number of hydrogen-bond donors (Lipinski definition) is 1. The molecule has 1 saturated carbocycles. The Bertz CT molecular complexity index is 155. The van der Waals surface area contributed by atoms with Gasteiger partial charge in [-0.25, -0.2) is 0 Å². The Labute approximate surface area is 98.3 Å². The molecule has 1 rings (SSSR count). The van der Waals surface area contributed by atoms with E-state index in [1.54, 1.807) is 0 Å². The van der Waals surface area contributed by atoms with E-state index in [4.69, 9.17) is 10.5 Å². The number of hydrogen-bond acceptors (Lipinski definition) is 3. The van der Waals surface area contributed by atoms with Gasteiger partial charge in [-0.3, -0.25) is 0 Å². The zero-order valence-electron chi connectivity index (χ0n) is 9.91. The van der Waals surface area contributed by atoms with Crippen molar-refractivity contribution in [3.63, 3.8) is 0 Å². The second kappa shape index (κ2) is 8.43. The zero-order chi connectivity index (χ0) is 10.9. The summed E-state index contributed by atoms with van der Waals surface area (Å²) in [5, 5.41) is 0. The molecule has 2 N–H and O–H groups in total. The van der Waals surface area contributed by atoms with Crippen LogP contribution in [0.25, 0.3) is 0 Å². The molecule has 2 nitrogen and oxygen atoms in total. The van der Waals surface area contributed by atoms with Crippen LogP contribution in [-0.2, 0) is 4.74 Å². The molecule has 0 aromatic rings. The van der Waals surface area contributed by atoms with Gasteiger partial charge >= 0.3 is 0 Å². The summed E-state index contributed by atoms with van der Waals surface area (Å²) in [6.45, 7) is 4.93. The van der Waals surface area contributed by atoms with Crippen molar-refractivity contribution in [2.75, 3.05) is 31.3 Å². The molecule has 0 heterocycles. The minimum Gasteiger partial charge on any atom is -0.381 e. The Morgan fingerprint density at radius 3 is 2.87 bits per heavy atom. The van der Waals surface area contributed by atoms with Crippen molar-refractivity contribution in [1.82, 2.24) is 0 Å². The summed E-state index contributed by atoms with van der Waals surface area (Å²) >= 11 is 2.00. The molecule has 0 aromatic heterocycles. The molecule has 0 aliphatic heterocycles. The maximum absolute atomic E-state index is 5.74. The van der Waals surface area contributed by atoms with Crippen LogP contribution in [0.5, 0.6) is 0 Å². The van der Waals surface area contributed by atoms with Crippen LogP contribution in [0.4, 0.5) is 0 Å². The Morgan fingerprint density at radius 1 is 1.33 bits per heavy atom. The van der Waals surface area contributed by atoms with Crippen LogP contribution in [0.3, 0.4) is 0 Å². The molecule has 0 bridgehead atoms. The summed E-state index contributed by atoms with van der Waals surface area (Å²) < 4.78 is 5.73. The van der Waals surface area contributed by atoms with Crippen molar-refractivity contribution in [2.24, 2.45) is 17.6 Å². The lowest BCUT2D eigenvalue weighted by atomic mass is 9.97. The topological polar surface area (TPSA) is 35.2 Å². The first-order valence-corrected chi connectivity index (χ1v) is 7.39. The molecule has 90 valence electrons. The summed E-state index contributed by atoms with van der Waals surface area (Å²) in [6.07, 6.45) is 5.18. The van der Waals surface area contributed by atoms with Crippen molar-refractivity contribution >= 4 is 11.8 Å². The highest BCUT2D eigenvalue weighted by Gasteiger charge is 2.25. The normalized spacial score (nSPS) is 26.0. The summed E-state index contributed by atoms with van der Waals surface area (Å²) in [4.78, 5) is 0. The maximum Gasteiger partial charge on any atom is 0.0497 e. The molecule has 1 aliphatic carbocycles. The van der Waals surface area contributed by atoms with Crippen molar-refractivity contribution in [2.45, 2.75) is 32.6 Å². The van der Waals surface area contributed by atoms with Crippen molar-refractivity contribution in [3.8, 4) is 0 Å². The van der Waals surface area contributed by atoms with E-state index in [1.165, 1.54) is 37.2 Å². The molecule has 1 aliphatic rings.